The number of sulfone groups is 1. The SMILES string of the molecule is CCCCCS(=O)(=O)CC(=O)NN(c1ccccc1)c1ccccc1. The van der Waals surface area contributed by atoms with Crippen molar-refractivity contribution in [2.24, 2.45) is 0 Å². The number of amides is 1. The highest BCUT2D eigenvalue weighted by atomic mass is 32.2. The van der Waals surface area contributed by atoms with E-state index in [-0.39, 0.29) is 5.75 Å². The molecule has 0 aromatic heterocycles. The molecule has 0 aliphatic heterocycles. The van der Waals surface area contributed by atoms with E-state index < -0.39 is 21.5 Å². The van der Waals surface area contributed by atoms with Crippen LogP contribution in [0.1, 0.15) is 26.2 Å². The molecule has 0 atom stereocenters. The van der Waals surface area contributed by atoms with Crippen molar-refractivity contribution in [3.8, 4) is 0 Å². The monoisotopic (exact) mass is 360 g/mol. The van der Waals surface area contributed by atoms with Gasteiger partial charge in [-0.3, -0.25) is 15.2 Å². The van der Waals surface area contributed by atoms with E-state index in [0.717, 1.165) is 24.2 Å². The third-order valence-corrected chi connectivity index (χ3v) is 5.29. The van der Waals surface area contributed by atoms with Gasteiger partial charge in [0.15, 0.2) is 9.84 Å². The molecule has 0 spiro atoms. The molecule has 0 aliphatic rings. The largest absolute Gasteiger partial charge is 0.272 e. The fraction of sp³-hybridized carbons (Fsp3) is 0.316. The van der Waals surface area contributed by atoms with Gasteiger partial charge in [-0.25, -0.2) is 8.42 Å². The lowest BCUT2D eigenvalue weighted by atomic mass is 10.2. The molecule has 134 valence electrons. The van der Waals surface area contributed by atoms with Gasteiger partial charge in [0, 0.05) is 0 Å². The lowest BCUT2D eigenvalue weighted by Crippen LogP contribution is -2.42. The molecule has 0 radical (unpaired) electrons. The Morgan fingerprint density at radius 3 is 1.92 bits per heavy atom. The van der Waals surface area contributed by atoms with E-state index in [1.165, 1.54) is 0 Å². The highest BCUT2D eigenvalue weighted by Crippen LogP contribution is 2.22. The first-order valence-electron chi connectivity index (χ1n) is 8.42. The Bertz CT molecular complexity index is 722. The van der Waals surface area contributed by atoms with Gasteiger partial charge < -0.3 is 0 Å². The van der Waals surface area contributed by atoms with Crippen molar-refractivity contribution in [3.05, 3.63) is 60.7 Å². The lowest BCUT2D eigenvalue weighted by molar-refractivity contribution is -0.118. The smallest absolute Gasteiger partial charge is 0.254 e. The van der Waals surface area contributed by atoms with Gasteiger partial charge in [0.2, 0.25) is 0 Å². The summed E-state index contributed by atoms with van der Waals surface area (Å²) in [6.07, 6.45) is 2.38. The Kier molecular flexibility index (Phi) is 7.01. The molecule has 0 saturated heterocycles. The summed E-state index contributed by atoms with van der Waals surface area (Å²) in [5.41, 5.74) is 4.22. The summed E-state index contributed by atoms with van der Waals surface area (Å²) in [5, 5.41) is 1.60. The molecule has 2 rings (SSSR count). The topological polar surface area (TPSA) is 66.5 Å². The third-order valence-electron chi connectivity index (χ3n) is 3.68. The van der Waals surface area contributed by atoms with E-state index in [1.807, 2.05) is 67.6 Å². The van der Waals surface area contributed by atoms with Gasteiger partial charge in [0.1, 0.15) is 5.75 Å². The zero-order valence-electron chi connectivity index (χ0n) is 14.4. The summed E-state index contributed by atoms with van der Waals surface area (Å²) in [5.74, 6) is -0.998. The first-order valence-corrected chi connectivity index (χ1v) is 10.2. The van der Waals surface area contributed by atoms with Crippen LogP contribution in [-0.2, 0) is 14.6 Å². The van der Waals surface area contributed by atoms with Gasteiger partial charge in [-0.05, 0) is 30.7 Å². The van der Waals surface area contributed by atoms with E-state index in [9.17, 15) is 13.2 Å². The number of anilines is 2. The molecule has 1 amide bonds. The van der Waals surface area contributed by atoms with Gasteiger partial charge >= 0.3 is 0 Å². The van der Waals surface area contributed by atoms with E-state index >= 15 is 0 Å². The number of benzene rings is 2. The molecule has 0 aliphatic carbocycles. The normalized spacial score (nSPS) is 11.1. The Balaban J connectivity index is 2.11. The molecule has 2 aromatic carbocycles. The molecular formula is C19H24N2O3S. The number of hydrogen-bond donors (Lipinski definition) is 1. The molecule has 1 N–H and O–H groups in total. The van der Waals surface area contributed by atoms with E-state index in [2.05, 4.69) is 5.43 Å². The van der Waals surface area contributed by atoms with Crippen LogP contribution in [0, 0.1) is 0 Å². The Morgan fingerprint density at radius 2 is 1.44 bits per heavy atom. The van der Waals surface area contributed by atoms with Crippen LogP contribution < -0.4 is 10.4 Å². The molecule has 0 bridgehead atoms. The van der Waals surface area contributed by atoms with E-state index in [1.54, 1.807) is 5.01 Å². The van der Waals surface area contributed by atoms with Crippen LogP contribution in [0.25, 0.3) is 0 Å². The maximum absolute atomic E-state index is 12.3. The average Bonchev–Trinajstić information content (AvgIpc) is 2.61. The molecule has 5 nitrogen and oxygen atoms in total. The van der Waals surface area contributed by atoms with Gasteiger partial charge in [0.25, 0.3) is 5.91 Å². The molecular weight excluding hydrogens is 336 g/mol. The van der Waals surface area contributed by atoms with Crippen LogP contribution in [-0.4, -0.2) is 25.8 Å². The predicted molar refractivity (Wildman–Crippen MR) is 101 cm³/mol. The van der Waals surface area contributed by atoms with E-state index in [0.29, 0.717) is 6.42 Å². The molecule has 0 fully saturated rings. The van der Waals surface area contributed by atoms with Gasteiger partial charge in [-0.1, -0.05) is 56.2 Å². The van der Waals surface area contributed by atoms with Crippen LogP contribution in [0.15, 0.2) is 60.7 Å². The lowest BCUT2D eigenvalue weighted by Gasteiger charge is -2.25. The predicted octanol–water partition coefficient (Wildman–Crippen LogP) is 3.46. The zero-order chi connectivity index (χ0) is 18.1. The van der Waals surface area contributed by atoms with Crippen molar-refractivity contribution in [3.63, 3.8) is 0 Å². The van der Waals surface area contributed by atoms with E-state index in [4.69, 9.17) is 0 Å². The third kappa shape index (κ3) is 6.23. The van der Waals surface area contributed by atoms with Crippen LogP contribution >= 0.6 is 0 Å². The van der Waals surface area contributed by atoms with Crippen LogP contribution in [0.2, 0.25) is 0 Å². The summed E-state index contributed by atoms with van der Waals surface area (Å²) >= 11 is 0. The van der Waals surface area contributed by atoms with Crippen molar-refractivity contribution in [1.82, 2.24) is 5.43 Å². The maximum Gasteiger partial charge on any atom is 0.254 e. The number of hydrogen-bond acceptors (Lipinski definition) is 4. The zero-order valence-corrected chi connectivity index (χ0v) is 15.2. The minimum atomic E-state index is -3.40. The summed E-state index contributed by atoms with van der Waals surface area (Å²) in [7, 11) is -3.40. The number of carbonyl (C=O) groups is 1. The number of rotatable bonds is 9. The summed E-state index contributed by atoms with van der Waals surface area (Å²) in [6.45, 7) is 2.01. The molecule has 0 saturated carbocycles. The number of nitrogens with zero attached hydrogens (tertiary/aromatic N) is 1. The minimum Gasteiger partial charge on any atom is -0.272 e. The number of para-hydroxylation sites is 2. The molecule has 2 aromatic rings. The van der Waals surface area contributed by atoms with Crippen LogP contribution in [0.5, 0.6) is 0 Å². The Labute approximate surface area is 149 Å². The van der Waals surface area contributed by atoms with Crippen LogP contribution in [0.3, 0.4) is 0 Å². The fourth-order valence-corrected chi connectivity index (χ4v) is 3.69. The average molecular weight is 360 g/mol. The van der Waals surface area contributed by atoms with Crippen LogP contribution in [0.4, 0.5) is 11.4 Å². The molecule has 25 heavy (non-hydrogen) atoms. The minimum absolute atomic E-state index is 0.0466. The number of hydrazine groups is 1. The highest BCUT2D eigenvalue weighted by Gasteiger charge is 2.19. The molecule has 0 heterocycles. The van der Waals surface area contributed by atoms with Crippen molar-refractivity contribution in [2.45, 2.75) is 26.2 Å². The Morgan fingerprint density at radius 1 is 0.920 bits per heavy atom. The van der Waals surface area contributed by atoms with Gasteiger partial charge in [0.05, 0.1) is 17.1 Å². The molecule has 0 unspecified atom stereocenters. The quantitative estimate of drug-likeness (QED) is 0.549. The van der Waals surface area contributed by atoms with Crippen molar-refractivity contribution in [1.29, 1.82) is 0 Å². The summed E-state index contributed by atoms with van der Waals surface area (Å²) < 4.78 is 24.2. The second-order valence-electron chi connectivity index (χ2n) is 5.84. The summed E-state index contributed by atoms with van der Waals surface area (Å²) in [4.78, 5) is 12.3. The molecule has 6 heteroatoms. The second kappa shape index (κ2) is 9.22. The highest BCUT2D eigenvalue weighted by molar-refractivity contribution is 7.92. The first kappa shape index (κ1) is 19.0. The first-order chi connectivity index (χ1) is 12.0. The van der Waals surface area contributed by atoms with Gasteiger partial charge in [-0.15, -0.1) is 0 Å². The number of nitrogens with one attached hydrogen (secondary N) is 1. The fourth-order valence-electron chi connectivity index (χ4n) is 2.43. The van der Waals surface area contributed by atoms with Gasteiger partial charge in [-0.2, -0.15) is 0 Å². The van der Waals surface area contributed by atoms with Crippen molar-refractivity contribution in [2.75, 3.05) is 16.5 Å². The standard InChI is InChI=1S/C19H24N2O3S/c1-2-3-10-15-25(23,24)16-19(22)20-21(17-11-6-4-7-12-17)18-13-8-5-9-14-18/h4-9,11-14H,2-3,10,15-16H2,1H3,(H,20,22). The number of carbonyl (C=O) groups excluding carboxylic acids is 1. The van der Waals surface area contributed by atoms with Crippen molar-refractivity contribution < 1.29 is 13.2 Å². The number of unbranched alkanes of at least 4 members (excludes halogenated alkanes) is 2. The Hall–Kier alpha value is -2.34. The summed E-state index contributed by atoms with van der Waals surface area (Å²) in [6, 6.07) is 18.6. The maximum atomic E-state index is 12.3. The second-order valence-corrected chi connectivity index (χ2v) is 8.02. The van der Waals surface area contributed by atoms with Crippen molar-refractivity contribution >= 4 is 27.1 Å².